The lowest BCUT2D eigenvalue weighted by Gasteiger charge is -2.26. The highest BCUT2D eigenvalue weighted by atomic mass is 16.5. The van der Waals surface area contributed by atoms with Gasteiger partial charge in [-0.25, -0.2) is 0 Å². The largest absolute Gasteiger partial charge is 0.485 e. The zero-order valence-electron chi connectivity index (χ0n) is 12.7. The minimum absolute atomic E-state index is 0.133. The van der Waals surface area contributed by atoms with Crippen LogP contribution in [0.3, 0.4) is 0 Å². The zero-order chi connectivity index (χ0) is 15.5. The fourth-order valence-corrected chi connectivity index (χ4v) is 2.87. The van der Waals surface area contributed by atoms with Gasteiger partial charge in [0.15, 0.2) is 0 Å². The van der Waals surface area contributed by atoms with Crippen molar-refractivity contribution < 1.29 is 9.47 Å². The monoisotopic (exact) mass is 303 g/mol. The Bertz CT molecular complexity index is 787. The molecule has 0 bridgehead atoms. The van der Waals surface area contributed by atoms with Gasteiger partial charge in [-0.2, -0.15) is 0 Å². The highest BCUT2D eigenvalue weighted by molar-refractivity contribution is 5.43. The van der Waals surface area contributed by atoms with Crippen LogP contribution in [0.2, 0.25) is 0 Å². The maximum Gasteiger partial charge on any atom is 0.145 e. The highest BCUT2D eigenvalue weighted by Crippen LogP contribution is 2.37. The fourth-order valence-electron chi connectivity index (χ4n) is 2.87. The van der Waals surface area contributed by atoms with E-state index in [4.69, 9.17) is 9.47 Å². The summed E-state index contributed by atoms with van der Waals surface area (Å²) >= 11 is 0. The number of ether oxygens (including phenoxy) is 2. The van der Waals surface area contributed by atoms with E-state index < -0.39 is 0 Å². The number of fused-ring (bicyclic) bond motifs is 1. The second-order valence-corrected chi connectivity index (χ2v) is 5.62. The fraction of sp³-hybridized carbons (Fsp3) is 0.150. The molecule has 1 aliphatic rings. The molecule has 1 aromatic heterocycles. The topological polar surface area (TPSA) is 31.4 Å². The molecule has 0 amide bonds. The molecule has 2 aromatic carbocycles. The van der Waals surface area contributed by atoms with Crippen molar-refractivity contribution in [3.63, 3.8) is 0 Å². The van der Waals surface area contributed by atoms with Crippen molar-refractivity contribution in [2.75, 3.05) is 0 Å². The molecule has 23 heavy (non-hydrogen) atoms. The average molecular weight is 303 g/mol. The summed E-state index contributed by atoms with van der Waals surface area (Å²) in [6, 6.07) is 20.1. The lowest BCUT2D eigenvalue weighted by molar-refractivity contribution is 0.176. The molecule has 0 spiro atoms. The summed E-state index contributed by atoms with van der Waals surface area (Å²) in [5.74, 6) is 2.51. The molecule has 0 saturated carbocycles. The molecule has 0 N–H and O–H groups in total. The van der Waals surface area contributed by atoms with E-state index in [-0.39, 0.29) is 6.10 Å². The van der Waals surface area contributed by atoms with Crippen molar-refractivity contribution in [2.24, 2.45) is 0 Å². The zero-order valence-corrected chi connectivity index (χ0v) is 12.7. The molecule has 0 radical (unpaired) electrons. The third kappa shape index (κ3) is 3.04. The van der Waals surface area contributed by atoms with Crippen LogP contribution >= 0.6 is 0 Å². The van der Waals surface area contributed by atoms with Crippen LogP contribution in [-0.4, -0.2) is 4.98 Å². The summed E-state index contributed by atoms with van der Waals surface area (Å²) in [4.78, 5) is 4.06. The molecular formula is C20H17NO2. The molecule has 0 fully saturated rings. The number of hydrogen-bond donors (Lipinski definition) is 0. The van der Waals surface area contributed by atoms with Crippen LogP contribution in [0.4, 0.5) is 0 Å². The Morgan fingerprint density at radius 3 is 2.70 bits per heavy atom. The number of benzene rings is 2. The molecule has 1 atom stereocenters. The van der Waals surface area contributed by atoms with Gasteiger partial charge < -0.3 is 9.47 Å². The lowest BCUT2D eigenvalue weighted by atomic mass is 9.97. The van der Waals surface area contributed by atoms with Gasteiger partial charge in [-0.05, 0) is 54.3 Å². The lowest BCUT2D eigenvalue weighted by Crippen LogP contribution is -2.15. The van der Waals surface area contributed by atoms with Crippen molar-refractivity contribution in [1.29, 1.82) is 0 Å². The highest BCUT2D eigenvalue weighted by Gasteiger charge is 2.21. The second kappa shape index (κ2) is 6.13. The van der Waals surface area contributed by atoms with Gasteiger partial charge in [0.1, 0.15) is 23.4 Å². The number of aryl methyl sites for hydroxylation is 1. The van der Waals surface area contributed by atoms with E-state index in [0.29, 0.717) is 0 Å². The molecule has 4 rings (SSSR count). The molecular weight excluding hydrogens is 286 g/mol. The standard InChI is InChI=1S/C20H17NO2/c1-2-5-15(6-3-1)19-10-8-16-13-17(9-11-20(16)23-19)22-18-7-4-12-21-14-18/h1-7,9,11-14,19H,8,10H2. The van der Waals surface area contributed by atoms with Crippen LogP contribution in [0.25, 0.3) is 0 Å². The van der Waals surface area contributed by atoms with Crippen LogP contribution in [0, 0.1) is 0 Å². The van der Waals surface area contributed by atoms with Crippen molar-refractivity contribution >= 4 is 0 Å². The third-order valence-corrected chi connectivity index (χ3v) is 4.02. The van der Waals surface area contributed by atoms with Crippen molar-refractivity contribution in [3.8, 4) is 17.2 Å². The van der Waals surface area contributed by atoms with Crippen molar-refractivity contribution in [1.82, 2.24) is 4.98 Å². The first kappa shape index (κ1) is 13.8. The summed E-state index contributed by atoms with van der Waals surface area (Å²) < 4.78 is 12.0. The van der Waals surface area contributed by atoms with Gasteiger partial charge in [-0.1, -0.05) is 30.3 Å². The predicted molar refractivity (Wildman–Crippen MR) is 88.9 cm³/mol. The SMILES string of the molecule is c1ccc(C2CCc3cc(Oc4cccnc4)ccc3O2)cc1. The van der Waals surface area contributed by atoms with Gasteiger partial charge in [0.25, 0.3) is 0 Å². The Kier molecular flexibility index (Phi) is 3.68. The van der Waals surface area contributed by atoms with Gasteiger partial charge >= 0.3 is 0 Å². The number of aromatic nitrogens is 1. The Hall–Kier alpha value is -2.81. The minimum atomic E-state index is 0.133. The van der Waals surface area contributed by atoms with Crippen LogP contribution in [0.1, 0.15) is 23.7 Å². The maximum absolute atomic E-state index is 6.16. The molecule has 3 aromatic rings. The van der Waals surface area contributed by atoms with Gasteiger partial charge in [0, 0.05) is 6.20 Å². The van der Waals surface area contributed by atoms with Gasteiger partial charge in [-0.15, -0.1) is 0 Å². The Labute approximate surface area is 135 Å². The van der Waals surface area contributed by atoms with Crippen LogP contribution in [0.5, 0.6) is 17.2 Å². The number of pyridine rings is 1. The maximum atomic E-state index is 6.16. The van der Waals surface area contributed by atoms with E-state index >= 15 is 0 Å². The van der Waals surface area contributed by atoms with Crippen molar-refractivity contribution in [3.05, 3.63) is 84.2 Å². The minimum Gasteiger partial charge on any atom is -0.485 e. The molecule has 3 nitrogen and oxygen atoms in total. The van der Waals surface area contributed by atoms with Gasteiger partial charge in [0.2, 0.25) is 0 Å². The smallest absolute Gasteiger partial charge is 0.145 e. The van der Waals surface area contributed by atoms with E-state index in [1.807, 2.05) is 30.3 Å². The molecule has 114 valence electrons. The first-order chi connectivity index (χ1) is 11.4. The average Bonchev–Trinajstić information content (AvgIpc) is 2.63. The first-order valence-corrected chi connectivity index (χ1v) is 7.81. The summed E-state index contributed by atoms with van der Waals surface area (Å²) in [5, 5.41) is 0. The predicted octanol–water partition coefficient (Wildman–Crippen LogP) is 4.94. The van der Waals surface area contributed by atoms with E-state index in [2.05, 4.69) is 35.3 Å². The Morgan fingerprint density at radius 1 is 0.957 bits per heavy atom. The van der Waals surface area contributed by atoms with E-state index in [9.17, 15) is 0 Å². The summed E-state index contributed by atoms with van der Waals surface area (Å²) in [6.45, 7) is 0. The van der Waals surface area contributed by atoms with E-state index in [0.717, 1.165) is 30.1 Å². The summed E-state index contributed by atoms with van der Waals surface area (Å²) in [6.07, 6.45) is 5.54. The molecule has 2 heterocycles. The first-order valence-electron chi connectivity index (χ1n) is 7.81. The van der Waals surface area contributed by atoms with Crippen LogP contribution < -0.4 is 9.47 Å². The Morgan fingerprint density at radius 2 is 1.87 bits per heavy atom. The van der Waals surface area contributed by atoms with E-state index in [1.54, 1.807) is 12.4 Å². The summed E-state index contributed by atoms with van der Waals surface area (Å²) in [7, 11) is 0. The second-order valence-electron chi connectivity index (χ2n) is 5.62. The van der Waals surface area contributed by atoms with Crippen LogP contribution in [0.15, 0.2) is 73.1 Å². The normalized spacial score (nSPS) is 16.3. The molecule has 0 aliphatic carbocycles. The summed E-state index contributed by atoms with van der Waals surface area (Å²) in [5.41, 5.74) is 2.42. The number of nitrogens with zero attached hydrogens (tertiary/aromatic N) is 1. The van der Waals surface area contributed by atoms with Gasteiger partial charge in [0.05, 0.1) is 6.20 Å². The number of hydrogen-bond acceptors (Lipinski definition) is 3. The van der Waals surface area contributed by atoms with Crippen LogP contribution in [-0.2, 0) is 6.42 Å². The van der Waals surface area contributed by atoms with E-state index in [1.165, 1.54) is 11.1 Å². The molecule has 0 saturated heterocycles. The number of rotatable bonds is 3. The van der Waals surface area contributed by atoms with Gasteiger partial charge in [-0.3, -0.25) is 4.98 Å². The molecule has 1 aliphatic heterocycles. The molecule has 3 heteroatoms. The quantitative estimate of drug-likeness (QED) is 0.686. The Balaban J connectivity index is 1.53. The van der Waals surface area contributed by atoms with Crippen molar-refractivity contribution in [2.45, 2.75) is 18.9 Å². The molecule has 1 unspecified atom stereocenters. The third-order valence-electron chi connectivity index (χ3n) is 4.02.